The van der Waals surface area contributed by atoms with E-state index in [0.29, 0.717) is 36.8 Å². The number of nitrogens with zero attached hydrogens (tertiary/aromatic N) is 3. The molecule has 1 heterocycles. The highest BCUT2D eigenvalue weighted by molar-refractivity contribution is 5.97. The number of amides is 1. The minimum atomic E-state index is -0.134. The van der Waals surface area contributed by atoms with Crippen molar-refractivity contribution in [2.45, 2.75) is 13.8 Å². The molecule has 0 unspecified atom stereocenters. The number of nitrogens with two attached hydrogens (primary N) is 1. The van der Waals surface area contributed by atoms with Crippen LogP contribution in [0, 0.1) is 6.92 Å². The second-order valence-electron chi connectivity index (χ2n) is 3.89. The predicted molar refractivity (Wildman–Crippen MR) is 65.8 cm³/mol. The van der Waals surface area contributed by atoms with Gasteiger partial charge in [0.05, 0.1) is 18.0 Å². The summed E-state index contributed by atoms with van der Waals surface area (Å²) in [6.07, 6.45) is 0. The van der Waals surface area contributed by atoms with Crippen molar-refractivity contribution < 1.29 is 9.53 Å². The Morgan fingerprint density at radius 3 is 2.71 bits per heavy atom. The van der Waals surface area contributed by atoms with Crippen molar-refractivity contribution in [3.8, 4) is 0 Å². The zero-order chi connectivity index (χ0) is 13.0. The van der Waals surface area contributed by atoms with Crippen molar-refractivity contribution >= 4 is 11.6 Å². The molecule has 96 valence electrons. The van der Waals surface area contributed by atoms with Crippen molar-refractivity contribution in [3.05, 3.63) is 11.4 Å². The van der Waals surface area contributed by atoms with Gasteiger partial charge in [0.2, 0.25) is 0 Å². The molecule has 0 saturated heterocycles. The molecule has 6 heteroatoms. The zero-order valence-electron chi connectivity index (χ0n) is 10.9. The average Bonchev–Trinajstić information content (AvgIpc) is 2.52. The summed E-state index contributed by atoms with van der Waals surface area (Å²) in [5, 5.41) is 4.12. The van der Waals surface area contributed by atoms with Gasteiger partial charge in [0.25, 0.3) is 5.91 Å². The van der Waals surface area contributed by atoms with Gasteiger partial charge in [-0.15, -0.1) is 0 Å². The predicted octanol–water partition coefficient (Wildman–Crippen LogP) is 0.419. The monoisotopic (exact) mass is 240 g/mol. The number of anilines is 1. The van der Waals surface area contributed by atoms with E-state index in [9.17, 15) is 4.79 Å². The van der Waals surface area contributed by atoms with Gasteiger partial charge in [-0.05, 0) is 13.8 Å². The van der Waals surface area contributed by atoms with E-state index < -0.39 is 0 Å². The van der Waals surface area contributed by atoms with Gasteiger partial charge >= 0.3 is 0 Å². The first-order valence-corrected chi connectivity index (χ1v) is 5.61. The Bertz CT molecular complexity index is 400. The fourth-order valence-electron chi connectivity index (χ4n) is 1.56. The molecule has 0 bridgehead atoms. The maximum atomic E-state index is 12.1. The lowest BCUT2D eigenvalue weighted by atomic mass is 10.3. The normalized spacial score (nSPS) is 10.6. The molecule has 0 spiro atoms. The fraction of sp³-hybridized carbons (Fsp3) is 0.636. The Labute approximate surface area is 101 Å². The minimum absolute atomic E-state index is 0.134. The number of hydrogen-bond acceptors (Lipinski definition) is 4. The summed E-state index contributed by atoms with van der Waals surface area (Å²) < 4.78 is 6.73. The van der Waals surface area contributed by atoms with Crippen molar-refractivity contribution in [2.24, 2.45) is 7.05 Å². The van der Waals surface area contributed by atoms with Gasteiger partial charge in [-0.2, -0.15) is 5.10 Å². The SMILES string of the molecule is CCOCCN(C)C(=O)c1c(N)c(C)nn1C. The highest BCUT2D eigenvalue weighted by Crippen LogP contribution is 2.16. The van der Waals surface area contributed by atoms with E-state index in [-0.39, 0.29) is 5.91 Å². The van der Waals surface area contributed by atoms with Gasteiger partial charge < -0.3 is 15.4 Å². The van der Waals surface area contributed by atoms with Crippen LogP contribution in [0.15, 0.2) is 0 Å². The summed E-state index contributed by atoms with van der Waals surface area (Å²) in [5.41, 5.74) is 7.39. The van der Waals surface area contributed by atoms with E-state index >= 15 is 0 Å². The molecule has 1 amide bonds. The molecule has 0 saturated carbocycles. The number of aryl methyl sites for hydroxylation is 2. The van der Waals surface area contributed by atoms with Crippen LogP contribution < -0.4 is 5.73 Å². The van der Waals surface area contributed by atoms with Gasteiger partial charge in [0.15, 0.2) is 0 Å². The first kappa shape index (κ1) is 13.5. The summed E-state index contributed by atoms with van der Waals surface area (Å²) in [4.78, 5) is 13.7. The molecule has 1 aromatic rings. The largest absolute Gasteiger partial charge is 0.395 e. The minimum Gasteiger partial charge on any atom is -0.395 e. The standard InChI is InChI=1S/C11H20N4O2/c1-5-17-7-6-14(3)11(16)10-9(12)8(2)13-15(10)4/h5-7,12H2,1-4H3. The molecular formula is C11H20N4O2. The maximum absolute atomic E-state index is 12.1. The summed E-state index contributed by atoms with van der Waals surface area (Å²) in [7, 11) is 3.44. The molecule has 0 fully saturated rings. The van der Waals surface area contributed by atoms with Crippen LogP contribution in [0.3, 0.4) is 0 Å². The van der Waals surface area contributed by atoms with Crippen LogP contribution in [0.1, 0.15) is 23.1 Å². The molecule has 2 N–H and O–H groups in total. The lowest BCUT2D eigenvalue weighted by Crippen LogP contribution is -2.32. The second-order valence-corrected chi connectivity index (χ2v) is 3.89. The molecule has 1 rings (SSSR count). The van der Waals surface area contributed by atoms with Gasteiger partial charge in [-0.1, -0.05) is 0 Å². The van der Waals surface area contributed by atoms with Crippen LogP contribution >= 0.6 is 0 Å². The number of carbonyl (C=O) groups excluding carboxylic acids is 1. The van der Waals surface area contributed by atoms with Gasteiger partial charge in [0, 0.05) is 27.2 Å². The topological polar surface area (TPSA) is 73.4 Å². The average molecular weight is 240 g/mol. The number of nitrogen functional groups attached to an aromatic ring is 1. The van der Waals surface area contributed by atoms with Crippen LogP contribution in [-0.4, -0.2) is 47.4 Å². The van der Waals surface area contributed by atoms with Crippen molar-refractivity contribution in [1.29, 1.82) is 0 Å². The lowest BCUT2D eigenvalue weighted by Gasteiger charge is -2.17. The molecule has 0 radical (unpaired) electrons. The Kier molecular flexibility index (Phi) is 4.51. The van der Waals surface area contributed by atoms with Crippen LogP contribution in [0.4, 0.5) is 5.69 Å². The fourth-order valence-corrected chi connectivity index (χ4v) is 1.56. The quantitative estimate of drug-likeness (QED) is 0.757. The lowest BCUT2D eigenvalue weighted by molar-refractivity contribution is 0.0701. The zero-order valence-corrected chi connectivity index (χ0v) is 10.9. The summed E-state index contributed by atoms with van der Waals surface area (Å²) >= 11 is 0. The molecule has 6 nitrogen and oxygen atoms in total. The first-order chi connectivity index (χ1) is 7.99. The smallest absolute Gasteiger partial charge is 0.274 e. The summed E-state index contributed by atoms with van der Waals surface area (Å²) in [5.74, 6) is -0.134. The summed E-state index contributed by atoms with van der Waals surface area (Å²) in [6.45, 7) is 5.41. The van der Waals surface area contributed by atoms with Crippen LogP contribution in [0.5, 0.6) is 0 Å². The Balaban J connectivity index is 2.75. The van der Waals surface area contributed by atoms with Crippen LogP contribution in [0.2, 0.25) is 0 Å². The number of rotatable bonds is 5. The van der Waals surface area contributed by atoms with Crippen LogP contribution in [-0.2, 0) is 11.8 Å². The van der Waals surface area contributed by atoms with Gasteiger partial charge in [-0.3, -0.25) is 9.48 Å². The van der Waals surface area contributed by atoms with E-state index in [1.54, 1.807) is 25.9 Å². The third kappa shape index (κ3) is 2.97. The second kappa shape index (κ2) is 5.67. The van der Waals surface area contributed by atoms with E-state index in [0.717, 1.165) is 0 Å². The number of carbonyl (C=O) groups is 1. The molecular weight excluding hydrogens is 220 g/mol. The van der Waals surface area contributed by atoms with E-state index in [1.807, 2.05) is 6.92 Å². The maximum Gasteiger partial charge on any atom is 0.274 e. The molecule has 0 atom stereocenters. The molecule has 17 heavy (non-hydrogen) atoms. The highest BCUT2D eigenvalue weighted by Gasteiger charge is 2.20. The van der Waals surface area contributed by atoms with Crippen LogP contribution in [0.25, 0.3) is 0 Å². The molecule has 0 aromatic carbocycles. The molecule has 1 aromatic heterocycles. The highest BCUT2D eigenvalue weighted by atomic mass is 16.5. The van der Waals surface area contributed by atoms with Crippen molar-refractivity contribution in [2.75, 3.05) is 32.5 Å². The van der Waals surface area contributed by atoms with Gasteiger partial charge in [0.1, 0.15) is 5.69 Å². The third-order valence-corrected chi connectivity index (χ3v) is 2.59. The first-order valence-electron chi connectivity index (χ1n) is 5.61. The van der Waals surface area contributed by atoms with Crippen molar-refractivity contribution in [3.63, 3.8) is 0 Å². The van der Waals surface area contributed by atoms with Crippen molar-refractivity contribution in [1.82, 2.24) is 14.7 Å². The molecule has 0 aliphatic rings. The third-order valence-electron chi connectivity index (χ3n) is 2.59. The molecule has 0 aliphatic heterocycles. The summed E-state index contributed by atoms with van der Waals surface area (Å²) in [6, 6.07) is 0. The van der Waals surface area contributed by atoms with Gasteiger partial charge in [-0.25, -0.2) is 0 Å². The molecule has 0 aliphatic carbocycles. The number of likely N-dealkylation sites (N-methyl/N-ethyl adjacent to an activating group) is 1. The van der Waals surface area contributed by atoms with E-state index in [2.05, 4.69) is 5.10 Å². The Morgan fingerprint density at radius 1 is 1.59 bits per heavy atom. The van der Waals surface area contributed by atoms with E-state index in [1.165, 1.54) is 4.68 Å². The van der Waals surface area contributed by atoms with E-state index in [4.69, 9.17) is 10.5 Å². The number of aromatic nitrogens is 2. The number of ether oxygens (including phenoxy) is 1. The Hall–Kier alpha value is -1.56. The number of hydrogen-bond donors (Lipinski definition) is 1. The Morgan fingerprint density at radius 2 is 2.24 bits per heavy atom.